The highest BCUT2D eigenvalue weighted by molar-refractivity contribution is 5.89. The summed E-state index contributed by atoms with van der Waals surface area (Å²) in [6, 6.07) is 4.39. The number of hydrogen-bond acceptors (Lipinski definition) is 3. The molecule has 1 heterocycles. The maximum Gasteiger partial charge on any atom is 0.416 e. The number of carbonyl (C=O) groups is 2. The number of rotatable bonds is 4. The van der Waals surface area contributed by atoms with E-state index < -0.39 is 54.1 Å². The minimum absolute atomic E-state index is 0.0311. The summed E-state index contributed by atoms with van der Waals surface area (Å²) in [5, 5.41) is 9.99. The molecule has 12 heteroatoms. The summed E-state index contributed by atoms with van der Waals surface area (Å²) in [5.41, 5.74) is 3.48. The predicted octanol–water partition coefficient (Wildman–Crippen LogP) is 6.70. The van der Waals surface area contributed by atoms with Crippen molar-refractivity contribution in [1.29, 1.82) is 0 Å². The zero-order valence-corrected chi connectivity index (χ0v) is 20.3. The van der Waals surface area contributed by atoms with Gasteiger partial charge in [-0.15, -0.1) is 0 Å². The topological polar surface area (TPSA) is 86.9 Å². The molecule has 2 atom stereocenters. The highest BCUT2D eigenvalue weighted by Gasteiger charge is 2.39. The van der Waals surface area contributed by atoms with Gasteiger partial charge in [-0.25, -0.2) is 4.79 Å². The standard InChI is InChI=1S/C25H27F6N3O3/c1-13(2)20-6-7-21(19-5-4-18(32)11-22(19)34(20)23(36)37)33(14(3)35)12-15-8-16(24(26,27)28)10-17(9-15)25(29,30)31/h4-5,8-11,13,20-21H,6-7,12,32H2,1-3H3,(H,36,37). The van der Waals surface area contributed by atoms with E-state index >= 15 is 0 Å². The molecule has 1 aliphatic rings. The van der Waals surface area contributed by atoms with E-state index in [2.05, 4.69) is 0 Å². The molecule has 0 aromatic heterocycles. The Morgan fingerprint density at radius 3 is 2.05 bits per heavy atom. The van der Waals surface area contributed by atoms with Gasteiger partial charge in [-0.1, -0.05) is 19.9 Å². The SMILES string of the molecule is CC(=O)N(Cc1cc(C(F)(F)F)cc(C(F)(F)F)c1)C1CCC(C(C)C)N(C(=O)O)c2cc(N)ccc21. The molecule has 1 aliphatic heterocycles. The molecule has 0 bridgehead atoms. The fraction of sp³-hybridized carbons (Fsp3) is 0.440. The number of nitrogen functional groups attached to an aromatic ring is 1. The van der Waals surface area contributed by atoms with E-state index in [1.165, 1.54) is 28.0 Å². The van der Waals surface area contributed by atoms with Crippen LogP contribution in [0.25, 0.3) is 0 Å². The Labute approximate surface area is 209 Å². The van der Waals surface area contributed by atoms with Gasteiger partial charge in [-0.2, -0.15) is 26.3 Å². The summed E-state index contributed by atoms with van der Waals surface area (Å²) in [6.07, 6.45) is -10.8. The summed E-state index contributed by atoms with van der Waals surface area (Å²) < 4.78 is 80.4. The maximum absolute atomic E-state index is 13.4. The Morgan fingerprint density at radius 2 is 1.59 bits per heavy atom. The lowest BCUT2D eigenvalue weighted by Gasteiger charge is -2.33. The lowest BCUT2D eigenvalue weighted by atomic mass is 9.95. The van der Waals surface area contributed by atoms with Crippen LogP contribution >= 0.6 is 0 Å². The van der Waals surface area contributed by atoms with Crippen molar-refractivity contribution in [3.8, 4) is 0 Å². The van der Waals surface area contributed by atoms with E-state index in [4.69, 9.17) is 5.73 Å². The molecule has 6 nitrogen and oxygen atoms in total. The van der Waals surface area contributed by atoms with Gasteiger partial charge < -0.3 is 15.7 Å². The van der Waals surface area contributed by atoms with Crippen molar-refractivity contribution in [2.75, 3.05) is 10.6 Å². The molecular formula is C25H27F6N3O3. The zero-order chi connectivity index (χ0) is 27.9. The predicted molar refractivity (Wildman–Crippen MR) is 125 cm³/mol. The number of anilines is 2. The van der Waals surface area contributed by atoms with Crippen LogP contribution in [0.1, 0.15) is 61.9 Å². The van der Waals surface area contributed by atoms with E-state index in [0.29, 0.717) is 24.1 Å². The smallest absolute Gasteiger partial charge is 0.416 e. The van der Waals surface area contributed by atoms with Crippen molar-refractivity contribution >= 4 is 23.4 Å². The van der Waals surface area contributed by atoms with E-state index in [9.17, 15) is 41.0 Å². The Hall–Kier alpha value is -3.44. The van der Waals surface area contributed by atoms with Crippen molar-refractivity contribution in [1.82, 2.24) is 4.90 Å². The third kappa shape index (κ3) is 6.11. The van der Waals surface area contributed by atoms with Gasteiger partial charge in [0.25, 0.3) is 0 Å². The Bertz CT molecular complexity index is 1150. The molecule has 0 saturated heterocycles. The van der Waals surface area contributed by atoms with E-state index in [0.717, 1.165) is 6.92 Å². The molecule has 0 aliphatic carbocycles. The minimum atomic E-state index is -5.03. The highest BCUT2D eigenvalue weighted by atomic mass is 19.4. The Kier molecular flexibility index (Phi) is 7.71. The van der Waals surface area contributed by atoms with E-state index in [1.807, 2.05) is 13.8 Å². The van der Waals surface area contributed by atoms with Crippen molar-refractivity contribution in [3.63, 3.8) is 0 Å². The molecule has 202 valence electrons. The van der Waals surface area contributed by atoms with Crippen molar-refractivity contribution in [3.05, 3.63) is 58.7 Å². The number of fused-ring (bicyclic) bond motifs is 1. The van der Waals surface area contributed by atoms with Crippen LogP contribution < -0.4 is 10.6 Å². The molecule has 0 fully saturated rings. The first-order valence-corrected chi connectivity index (χ1v) is 11.5. The number of carbonyl (C=O) groups excluding carboxylic acids is 1. The van der Waals surface area contributed by atoms with Crippen LogP contribution in [-0.2, 0) is 23.7 Å². The van der Waals surface area contributed by atoms with Gasteiger partial charge in [0.2, 0.25) is 5.91 Å². The third-order valence-corrected chi connectivity index (χ3v) is 6.50. The van der Waals surface area contributed by atoms with Gasteiger partial charge in [0, 0.05) is 25.2 Å². The fourth-order valence-corrected chi connectivity index (χ4v) is 4.79. The minimum Gasteiger partial charge on any atom is -0.465 e. The highest BCUT2D eigenvalue weighted by Crippen LogP contribution is 2.43. The van der Waals surface area contributed by atoms with Gasteiger partial charge >= 0.3 is 18.4 Å². The second kappa shape index (κ2) is 10.1. The quantitative estimate of drug-likeness (QED) is 0.340. The van der Waals surface area contributed by atoms with Crippen molar-refractivity contribution < 1.29 is 41.0 Å². The number of hydrogen-bond donors (Lipinski definition) is 2. The van der Waals surface area contributed by atoms with Crippen LogP contribution in [0, 0.1) is 5.92 Å². The molecule has 0 radical (unpaired) electrons. The van der Waals surface area contributed by atoms with Gasteiger partial charge in [0.1, 0.15) is 0 Å². The van der Waals surface area contributed by atoms with Crippen LogP contribution in [0.2, 0.25) is 0 Å². The molecule has 2 amide bonds. The number of alkyl halides is 6. The average Bonchev–Trinajstić information content (AvgIpc) is 2.92. The first kappa shape index (κ1) is 28.1. The number of benzene rings is 2. The number of nitrogens with two attached hydrogens (primary N) is 1. The van der Waals surface area contributed by atoms with Gasteiger partial charge in [-0.3, -0.25) is 9.69 Å². The molecule has 0 saturated carbocycles. The third-order valence-electron chi connectivity index (χ3n) is 6.50. The monoisotopic (exact) mass is 531 g/mol. The van der Waals surface area contributed by atoms with Crippen LogP contribution in [-0.4, -0.2) is 28.0 Å². The maximum atomic E-state index is 13.4. The van der Waals surface area contributed by atoms with E-state index in [1.54, 1.807) is 0 Å². The van der Waals surface area contributed by atoms with Gasteiger partial charge in [-0.05, 0) is 60.2 Å². The summed E-state index contributed by atoms with van der Waals surface area (Å²) >= 11 is 0. The lowest BCUT2D eigenvalue weighted by Crippen LogP contribution is -2.42. The zero-order valence-electron chi connectivity index (χ0n) is 20.3. The first-order valence-electron chi connectivity index (χ1n) is 11.5. The number of amides is 2. The first-order chi connectivity index (χ1) is 17.0. The molecule has 2 unspecified atom stereocenters. The van der Waals surface area contributed by atoms with Crippen LogP contribution in [0.4, 0.5) is 42.5 Å². The van der Waals surface area contributed by atoms with E-state index in [-0.39, 0.29) is 35.3 Å². The molecule has 3 rings (SSSR count). The molecule has 2 aromatic rings. The van der Waals surface area contributed by atoms with Crippen LogP contribution in [0.15, 0.2) is 36.4 Å². The Balaban J connectivity index is 2.15. The fourth-order valence-electron chi connectivity index (χ4n) is 4.79. The van der Waals surface area contributed by atoms with Gasteiger partial charge in [0.05, 0.1) is 22.9 Å². The number of nitrogens with zero attached hydrogens (tertiary/aromatic N) is 2. The lowest BCUT2D eigenvalue weighted by molar-refractivity contribution is -0.143. The summed E-state index contributed by atoms with van der Waals surface area (Å²) in [7, 11) is 0. The Morgan fingerprint density at radius 1 is 1.03 bits per heavy atom. The summed E-state index contributed by atoms with van der Waals surface area (Å²) in [4.78, 5) is 27.4. The van der Waals surface area contributed by atoms with Gasteiger partial charge in [0.15, 0.2) is 0 Å². The summed E-state index contributed by atoms with van der Waals surface area (Å²) in [5.74, 6) is -0.726. The molecular weight excluding hydrogens is 504 g/mol. The van der Waals surface area contributed by atoms with Crippen molar-refractivity contribution in [2.45, 2.75) is 64.6 Å². The second-order valence-corrected chi connectivity index (χ2v) is 9.44. The van der Waals surface area contributed by atoms with Crippen molar-refractivity contribution in [2.24, 2.45) is 5.92 Å². The van der Waals surface area contributed by atoms with Crippen LogP contribution in [0.3, 0.4) is 0 Å². The largest absolute Gasteiger partial charge is 0.465 e. The molecule has 37 heavy (non-hydrogen) atoms. The normalized spacial score (nSPS) is 18.4. The van der Waals surface area contributed by atoms with Crippen LogP contribution in [0.5, 0.6) is 0 Å². The number of carboxylic acid groups (broad SMARTS) is 1. The summed E-state index contributed by atoms with van der Waals surface area (Å²) in [6.45, 7) is 4.28. The second-order valence-electron chi connectivity index (χ2n) is 9.44. The molecule has 2 aromatic carbocycles. The number of halogens is 6. The average molecular weight is 531 g/mol. The molecule has 3 N–H and O–H groups in total. The molecule has 0 spiro atoms.